The van der Waals surface area contributed by atoms with Gasteiger partial charge in [-0.2, -0.15) is 21.6 Å². The van der Waals surface area contributed by atoms with E-state index in [1.54, 1.807) is 13.3 Å². The fraction of sp³-hybridized carbons (Fsp3) is 0.346. The number of halogens is 3. The molecule has 214 valence electrons. The summed E-state index contributed by atoms with van der Waals surface area (Å²) in [5.74, 6) is 1.79. The molecule has 0 unspecified atom stereocenters. The number of methoxy groups -OCH3 is 1. The van der Waals surface area contributed by atoms with Crippen molar-refractivity contribution in [2.45, 2.75) is 31.2 Å². The van der Waals surface area contributed by atoms with Crippen molar-refractivity contribution >= 4 is 27.3 Å². The molecular formula is C26H29F3N6O4S. The number of hydrogen-bond donors (Lipinski definition) is 2. The van der Waals surface area contributed by atoms with Crippen molar-refractivity contribution in [1.29, 1.82) is 0 Å². The first-order chi connectivity index (χ1) is 18.9. The minimum absolute atomic E-state index is 0.558. The van der Waals surface area contributed by atoms with E-state index in [4.69, 9.17) is 22.8 Å². The van der Waals surface area contributed by atoms with Crippen molar-refractivity contribution < 1.29 is 30.9 Å². The van der Waals surface area contributed by atoms with Gasteiger partial charge in [-0.25, -0.2) is 14.5 Å². The molecule has 2 N–H and O–H groups in total. The lowest BCUT2D eigenvalue weighted by atomic mass is 9.87. The summed E-state index contributed by atoms with van der Waals surface area (Å²) in [5, 5.41) is 8.10. The van der Waals surface area contributed by atoms with E-state index in [1.807, 2.05) is 35.0 Å². The van der Waals surface area contributed by atoms with Crippen molar-refractivity contribution in [3.63, 3.8) is 0 Å². The molecule has 40 heavy (non-hydrogen) atoms. The molecule has 0 spiro atoms. The lowest BCUT2D eigenvalue weighted by Crippen LogP contribution is -2.29. The smallest absolute Gasteiger partial charge is 0.481 e. The van der Waals surface area contributed by atoms with Gasteiger partial charge in [0.15, 0.2) is 0 Å². The minimum atomic E-state index is -5.84. The van der Waals surface area contributed by atoms with Crippen molar-refractivity contribution in [3.8, 4) is 17.1 Å². The molecular weight excluding hydrogens is 549 g/mol. The van der Waals surface area contributed by atoms with E-state index in [2.05, 4.69) is 52.4 Å². The van der Waals surface area contributed by atoms with Crippen LogP contribution in [0.15, 0.2) is 54.9 Å². The zero-order valence-corrected chi connectivity index (χ0v) is 22.9. The standard InChI is InChI=1S/C25H28N6O.CHF3O3S/c1-17-14-20(5-7-22(17)18-10-12-30(2)13-11-18)28-25-27-16-21-6-8-23(31(21)29-25)19-4-9-24(32-3)26-15-19;2-1(3,4)8(5,6)7/h4-9,14-16,18H,10-13H2,1-3H3,(H,28,29);(H,5,6,7). The number of hydrogen-bond acceptors (Lipinski definition) is 8. The van der Waals surface area contributed by atoms with Gasteiger partial charge in [0.25, 0.3) is 0 Å². The zero-order valence-electron chi connectivity index (χ0n) is 22.1. The lowest BCUT2D eigenvalue weighted by molar-refractivity contribution is -0.0510. The second-order valence-electron chi connectivity index (χ2n) is 9.42. The Balaban J connectivity index is 0.000000406. The number of anilines is 2. The number of ether oxygens (including phenoxy) is 1. The number of piperidine rings is 1. The van der Waals surface area contributed by atoms with Crippen LogP contribution in [0.2, 0.25) is 0 Å². The number of likely N-dealkylation sites (tertiary alicyclic amines) is 1. The zero-order chi connectivity index (χ0) is 29.1. The second-order valence-corrected chi connectivity index (χ2v) is 10.8. The quantitative estimate of drug-likeness (QED) is 0.247. The molecule has 1 saturated heterocycles. The van der Waals surface area contributed by atoms with Gasteiger partial charge in [0.1, 0.15) is 0 Å². The summed E-state index contributed by atoms with van der Waals surface area (Å²) in [6.45, 7) is 4.53. The largest absolute Gasteiger partial charge is 0.522 e. The first-order valence-corrected chi connectivity index (χ1v) is 13.7. The topological polar surface area (TPSA) is 122 Å². The van der Waals surface area contributed by atoms with Crippen LogP contribution in [0.1, 0.15) is 29.9 Å². The van der Waals surface area contributed by atoms with E-state index in [0.717, 1.165) is 22.5 Å². The van der Waals surface area contributed by atoms with Crippen molar-refractivity contribution in [3.05, 3.63) is 66.0 Å². The van der Waals surface area contributed by atoms with Crippen LogP contribution in [-0.2, 0) is 10.1 Å². The Labute approximate surface area is 229 Å². The van der Waals surface area contributed by atoms with E-state index in [1.165, 1.54) is 37.1 Å². The number of pyridine rings is 1. The van der Waals surface area contributed by atoms with Crippen LogP contribution in [0.25, 0.3) is 16.8 Å². The van der Waals surface area contributed by atoms with Gasteiger partial charge in [-0.3, -0.25) is 4.55 Å². The van der Waals surface area contributed by atoms with E-state index in [0.29, 0.717) is 17.7 Å². The molecule has 4 heterocycles. The Morgan fingerprint density at radius 2 is 1.75 bits per heavy atom. The van der Waals surface area contributed by atoms with Gasteiger partial charge in [0.2, 0.25) is 11.8 Å². The van der Waals surface area contributed by atoms with Crippen LogP contribution in [0.3, 0.4) is 0 Å². The van der Waals surface area contributed by atoms with Crippen LogP contribution < -0.4 is 10.1 Å². The van der Waals surface area contributed by atoms with Crippen LogP contribution >= 0.6 is 0 Å². The Bertz CT molecular complexity index is 1570. The molecule has 0 amide bonds. The SMILES string of the molecule is COc1ccc(-c2ccc3cnc(Nc4ccc(C5CCN(C)CC5)c(C)c4)nn23)cn1.O=S(=O)(O)C(F)(F)F. The number of alkyl halides is 3. The molecule has 10 nitrogen and oxygen atoms in total. The highest BCUT2D eigenvalue weighted by molar-refractivity contribution is 7.86. The number of nitrogens with one attached hydrogen (secondary N) is 1. The van der Waals surface area contributed by atoms with Crippen LogP contribution in [0.5, 0.6) is 5.88 Å². The molecule has 0 aliphatic carbocycles. The van der Waals surface area contributed by atoms with Gasteiger partial charge >= 0.3 is 15.6 Å². The average Bonchev–Trinajstić information content (AvgIpc) is 3.32. The second kappa shape index (κ2) is 11.8. The van der Waals surface area contributed by atoms with E-state index in [9.17, 15) is 13.2 Å². The molecule has 0 atom stereocenters. The molecule has 0 saturated carbocycles. The molecule has 1 fully saturated rings. The van der Waals surface area contributed by atoms with Crippen molar-refractivity contribution in [2.75, 3.05) is 32.6 Å². The number of nitrogens with zero attached hydrogens (tertiary/aromatic N) is 5. The van der Waals surface area contributed by atoms with Crippen LogP contribution in [0.4, 0.5) is 24.8 Å². The number of fused-ring (bicyclic) bond motifs is 1. The Kier molecular flexibility index (Phi) is 8.61. The maximum Gasteiger partial charge on any atom is 0.522 e. The number of aromatic nitrogens is 4. The fourth-order valence-corrected chi connectivity index (χ4v) is 4.49. The van der Waals surface area contributed by atoms with E-state index >= 15 is 0 Å². The first kappa shape index (κ1) is 29.2. The van der Waals surface area contributed by atoms with Gasteiger partial charge in [-0.05, 0) is 87.3 Å². The van der Waals surface area contributed by atoms with Gasteiger partial charge in [-0.15, -0.1) is 5.10 Å². The van der Waals surface area contributed by atoms with Crippen LogP contribution in [-0.4, -0.2) is 70.2 Å². The summed E-state index contributed by atoms with van der Waals surface area (Å²) in [6, 6.07) is 14.5. The van der Waals surface area contributed by atoms with E-state index in [-0.39, 0.29) is 0 Å². The summed E-state index contributed by atoms with van der Waals surface area (Å²) in [7, 11) is -2.02. The Hall–Kier alpha value is -3.75. The predicted molar refractivity (Wildman–Crippen MR) is 144 cm³/mol. The van der Waals surface area contributed by atoms with Gasteiger partial charge < -0.3 is 15.0 Å². The third-order valence-corrected chi connectivity index (χ3v) is 7.20. The fourth-order valence-electron chi connectivity index (χ4n) is 4.49. The minimum Gasteiger partial charge on any atom is -0.481 e. The van der Waals surface area contributed by atoms with Crippen LogP contribution in [0, 0.1) is 6.92 Å². The number of benzene rings is 1. The molecule has 4 aromatic rings. The predicted octanol–water partition coefficient (Wildman–Crippen LogP) is 5.06. The number of aryl methyl sites for hydroxylation is 1. The maximum absolute atomic E-state index is 10.7. The molecule has 1 aliphatic rings. The Morgan fingerprint density at radius 1 is 1.05 bits per heavy atom. The van der Waals surface area contributed by atoms with Gasteiger partial charge in [0.05, 0.1) is 24.5 Å². The highest BCUT2D eigenvalue weighted by Crippen LogP contribution is 2.31. The summed E-state index contributed by atoms with van der Waals surface area (Å²) < 4.78 is 64.6. The summed E-state index contributed by atoms with van der Waals surface area (Å²) in [5.41, 5.74) is 1.08. The monoisotopic (exact) mass is 578 g/mol. The average molecular weight is 579 g/mol. The molecule has 0 radical (unpaired) electrons. The third kappa shape index (κ3) is 6.87. The molecule has 1 aromatic carbocycles. The van der Waals surface area contributed by atoms with Crippen molar-refractivity contribution in [2.24, 2.45) is 0 Å². The van der Waals surface area contributed by atoms with Gasteiger partial charge in [0, 0.05) is 23.5 Å². The first-order valence-electron chi connectivity index (χ1n) is 12.3. The summed E-state index contributed by atoms with van der Waals surface area (Å²) in [4.78, 5) is 11.2. The highest BCUT2D eigenvalue weighted by Gasteiger charge is 2.44. The van der Waals surface area contributed by atoms with Gasteiger partial charge in [-0.1, -0.05) is 6.07 Å². The molecule has 3 aromatic heterocycles. The summed E-state index contributed by atoms with van der Waals surface area (Å²) >= 11 is 0. The molecule has 0 bridgehead atoms. The van der Waals surface area contributed by atoms with E-state index < -0.39 is 15.6 Å². The normalized spacial score (nSPS) is 15.0. The number of rotatable bonds is 5. The van der Waals surface area contributed by atoms with Crippen molar-refractivity contribution in [1.82, 2.24) is 24.5 Å². The third-order valence-electron chi connectivity index (χ3n) is 6.62. The molecule has 1 aliphatic heterocycles. The summed E-state index contributed by atoms with van der Waals surface area (Å²) in [6.07, 6.45) is 6.07. The molecule has 5 rings (SSSR count). The highest BCUT2D eigenvalue weighted by atomic mass is 32.2. The maximum atomic E-state index is 10.7. The lowest BCUT2D eigenvalue weighted by Gasteiger charge is -2.30. The Morgan fingerprint density at radius 3 is 2.33 bits per heavy atom. The molecule has 14 heteroatoms.